The molecule has 0 bridgehead atoms. The number of rotatable bonds is 4. The maximum Gasteiger partial charge on any atom is 0.282 e. The summed E-state index contributed by atoms with van der Waals surface area (Å²) in [6.07, 6.45) is 0. The number of hydrogen-bond acceptors (Lipinski definition) is 3. The molecule has 4 rings (SSSR count). The Morgan fingerprint density at radius 2 is 1.57 bits per heavy atom. The zero-order valence-electron chi connectivity index (χ0n) is 15.7. The van der Waals surface area contributed by atoms with Gasteiger partial charge in [0.15, 0.2) is 0 Å². The third-order valence-corrected chi connectivity index (χ3v) is 5.25. The largest absolute Gasteiger partial charge is 0.350 e. The van der Waals surface area contributed by atoms with Gasteiger partial charge in [0.2, 0.25) is 0 Å². The van der Waals surface area contributed by atoms with Crippen LogP contribution in [0.5, 0.6) is 0 Å². The highest BCUT2D eigenvalue weighted by atomic mass is 35.5. The van der Waals surface area contributed by atoms with Crippen LogP contribution in [0.25, 0.3) is 5.57 Å². The number of carbonyl (C=O) groups excluding carboxylic acids is 2. The molecule has 3 aromatic carbocycles. The van der Waals surface area contributed by atoms with Crippen molar-refractivity contribution < 1.29 is 18.4 Å². The summed E-state index contributed by atoms with van der Waals surface area (Å²) in [6.45, 7) is 1.76. The van der Waals surface area contributed by atoms with E-state index in [9.17, 15) is 18.4 Å². The lowest BCUT2D eigenvalue weighted by molar-refractivity contribution is -0.120. The van der Waals surface area contributed by atoms with Crippen molar-refractivity contribution >= 4 is 40.4 Å². The Balaban J connectivity index is 1.87. The van der Waals surface area contributed by atoms with E-state index >= 15 is 0 Å². The molecular weight excluding hydrogens is 410 g/mol. The summed E-state index contributed by atoms with van der Waals surface area (Å²) >= 11 is 6.17. The van der Waals surface area contributed by atoms with Gasteiger partial charge in [-0.2, -0.15) is 0 Å². The van der Waals surface area contributed by atoms with Crippen molar-refractivity contribution in [3.05, 3.63) is 100 Å². The van der Waals surface area contributed by atoms with Crippen LogP contribution in [0.4, 0.5) is 20.2 Å². The van der Waals surface area contributed by atoms with Gasteiger partial charge in [-0.3, -0.25) is 9.59 Å². The van der Waals surface area contributed by atoms with Crippen molar-refractivity contribution in [2.24, 2.45) is 0 Å². The highest BCUT2D eigenvalue weighted by Gasteiger charge is 2.41. The maximum atomic E-state index is 14.4. The minimum absolute atomic E-state index is 0.0163. The molecule has 0 fully saturated rings. The number of carbonyl (C=O) groups is 2. The van der Waals surface area contributed by atoms with Crippen molar-refractivity contribution in [2.75, 3.05) is 10.2 Å². The molecule has 7 heteroatoms. The van der Waals surface area contributed by atoms with Crippen LogP contribution in [-0.4, -0.2) is 11.8 Å². The number of benzene rings is 3. The molecule has 1 N–H and O–H groups in total. The molecule has 150 valence electrons. The van der Waals surface area contributed by atoms with Gasteiger partial charge in [-0.05, 0) is 54.4 Å². The molecule has 0 spiro atoms. The van der Waals surface area contributed by atoms with Crippen LogP contribution in [0, 0.1) is 18.6 Å². The summed E-state index contributed by atoms with van der Waals surface area (Å²) in [6, 6.07) is 15.8. The molecule has 0 saturated carbocycles. The van der Waals surface area contributed by atoms with E-state index in [4.69, 9.17) is 11.6 Å². The van der Waals surface area contributed by atoms with E-state index in [1.165, 1.54) is 48.5 Å². The molecule has 1 aliphatic rings. The van der Waals surface area contributed by atoms with Gasteiger partial charge >= 0.3 is 0 Å². The Morgan fingerprint density at radius 1 is 0.867 bits per heavy atom. The van der Waals surface area contributed by atoms with Gasteiger partial charge in [-0.1, -0.05) is 41.9 Å². The predicted octanol–water partition coefficient (Wildman–Crippen LogP) is 5.32. The average molecular weight is 425 g/mol. The molecule has 0 radical (unpaired) electrons. The smallest absolute Gasteiger partial charge is 0.282 e. The van der Waals surface area contributed by atoms with Crippen LogP contribution in [0.1, 0.15) is 11.1 Å². The quantitative estimate of drug-likeness (QED) is 0.576. The molecular formula is C23H15ClF2N2O2. The number of amides is 2. The van der Waals surface area contributed by atoms with Gasteiger partial charge in [-0.25, -0.2) is 13.7 Å². The fourth-order valence-electron chi connectivity index (χ4n) is 3.26. The minimum atomic E-state index is -0.719. The van der Waals surface area contributed by atoms with Crippen LogP contribution in [-0.2, 0) is 9.59 Å². The van der Waals surface area contributed by atoms with Crippen LogP contribution >= 0.6 is 11.6 Å². The first-order chi connectivity index (χ1) is 14.4. The number of hydrogen-bond donors (Lipinski definition) is 1. The number of para-hydroxylation sites is 1. The van der Waals surface area contributed by atoms with Crippen molar-refractivity contribution in [1.29, 1.82) is 0 Å². The van der Waals surface area contributed by atoms with E-state index < -0.39 is 23.4 Å². The maximum absolute atomic E-state index is 14.4. The van der Waals surface area contributed by atoms with E-state index in [0.29, 0.717) is 21.8 Å². The molecule has 0 aromatic heterocycles. The van der Waals surface area contributed by atoms with Gasteiger partial charge in [0.25, 0.3) is 11.8 Å². The highest BCUT2D eigenvalue weighted by molar-refractivity contribution is 6.46. The van der Waals surface area contributed by atoms with Crippen LogP contribution in [0.2, 0.25) is 5.02 Å². The van der Waals surface area contributed by atoms with Gasteiger partial charge in [0.05, 0.1) is 11.3 Å². The first kappa shape index (κ1) is 19.8. The monoisotopic (exact) mass is 424 g/mol. The Morgan fingerprint density at radius 3 is 2.27 bits per heavy atom. The van der Waals surface area contributed by atoms with E-state index in [0.717, 1.165) is 4.90 Å². The Labute approximate surface area is 176 Å². The van der Waals surface area contributed by atoms with Crippen molar-refractivity contribution in [2.45, 2.75) is 6.92 Å². The number of imide groups is 1. The zero-order chi connectivity index (χ0) is 21.4. The second kappa shape index (κ2) is 7.72. The number of anilines is 2. The molecule has 2 amide bonds. The number of nitrogens with zero attached hydrogens (tertiary/aromatic N) is 1. The Hall–Kier alpha value is -3.51. The molecule has 1 heterocycles. The van der Waals surface area contributed by atoms with E-state index in [-0.39, 0.29) is 17.0 Å². The van der Waals surface area contributed by atoms with E-state index in [2.05, 4.69) is 5.32 Å². The van der Waals surface area contributed by atoms with Crippen LogP contribution in [0.15, 0.2) is 72.4 Å². The Bertz CT molecular complexity index is 1210. The normalized spacial score (nSPS) is 13.9. The fraction of sp³-hybridized carbons (Fsp3) is 0.0435. The summed E-state index contributed by atoms with van der Waals surface area (Å²) < 4.78 is 27.8. The van der Waals surface area contributed by atoms with E-state index in [1.54, 1.807) is 25.1 Å². The third kappa shape index (κ3) is 3.35. The molecule has 30 heavy (non-hydrogen) atoms. The van der Waals surface area contributed by atoms with Crippen LogP contribution in [0.3, 0.4) is 0 Å². The highest BCUT2D eigenvalue weighted by Crippen LogP contribution is 2.35. The molecule has 0 unspecified atom stereocenters. The lowest BCUT2D eigenvalue weighted by Gasteiger charge is -2.16. The van der Waals surface area contributed by atoms with Gasteiger partial charge < -0.3 is 5.32 Å². The Kier molecular flexibility index (Phi) is 5.10. The SMILES string of the molecule is Cc1c(Cl)cccc1NC1=C(c2ccc(F)cc2)C(=O)N(c2ccccc2F)C1=O. The average Bonchev–Trinajstić information content (AvgIpc) is 2.96. The lowest BCUT2D eigenvalue weighted by atomic mass is 10.0. The summed E-state index contributed by atoms with van der Waals surface area (Å²) in [7, 11) is 0. The van der Waals surface area contributed by atoms with Crippen LogP contribution < -0.4 is 10.2 Å². The van der Waals surface area contributed by atoms with Gasteiger partial charge in [0.1, 0.15) is 17.3 Å². The second-order valence-corrected chi connectivity index (χ2v) is 7.10. The van der Waals surface area contributed by atoms with Crippen molar-refractivity contribution in [3.63, 3.8) is 0 Å². The standard InChI is InChI=1S/C23H15ClF2N2O2/c1-13-16(24)5-4-7-18(13)27-21-20(14-9-11-15(25)12-10-14)22(29)28(23(21)30)19-8-3-2-6-17(19)26/h2-12,27H,1H3. The van der Waals surface area contributed by atoms with Crippen molar-refractivity contribution in [1.82, 2.24) is 0 Å². The summed E-state index contributed by atoms with van der Waals surface area (Å²) in [5, 5.41) is 3.46. The molecule has 4 nitrogen and oxygen atoms in total. The fourth-order valence-corrected chi connectivity index (χ4v) is 3.43. The summed E-state index contributed by atoms with van der Waals surface area (Å²) in [5.74, 6) is -2.62. The first-order valence-corrected chi connectivity index (χ1v) is 9.42. The summed E-state index contributed by atoms with van der Waals surface area (Å²) in [4.78, 5) is 27.2. The summed E-state index contributed by atoms with van der Waals surface area (Å²) in [5.41, 5.74) is 1.34. The zero-order valence-corrected chi connectivity index (χ0v) is 16.5. The molecule has 0 saturated heterocycles. The molecule has 1 aliphatic heterocycles. The number of nitrogens with one attached hydrogen (secondary N) is 1. The molecule has 0 aliphatic carbocycles. The minimum Gasteiger partial charge on any atom is -0.350 e. The molecule has 0 atom stereocenters. The topological polar surface area (TPSA) is 49.4 Å². The molecule has 3 aromatic rings. The third-order valence-electron chi connectivity index (χ3n) is 4.84. The predicted molar refractivity (Wildman–Crippen MR) is 112 cm³/mol. The van der Waals surface area contributed by atoms with Crippen molar-refractivity contribution in [3.8, 4) is 0 Å². The van der Waals surface area contributed by atoms with E-state index in [1.807, 2.05) is 0 Å². The first-order valence-electron chi connectivity index (χ1n) is 9.04. The second-order valence-electron chi connectivity index (χ2n) is 6.69. The van der Waals surface area contributed by atoms with Gasteiger partial charge in [0, 0.05) is 10.7 Å². The lowest BCUT2D eigenvalue weighted by Crippen LogP contribution is -2.33. The van der Waals surface area contributed by atoms with Gasteiger partial charge in [-0.15, -0.1) is 0 Å². The number of halogens is 3.